The van der Waals surface area contributed by atoms with E-state index >= 15 is 0 Å². The molecule has 0 saturated carbocycles. The molecular weight excluding hydrogens is 325 g/mol. The van der Waals surface area contributed by atoms with Crippen molar-refractivity contribution in [2.24, 2.45) is 0 Å². The number of pyridine rings is 1. The number of rotatable bonds is 2. The van der Waals surface area contributed by atoms with Crippen LogP contribution in [-0.4, -0.2) is 34.6 Å². The van der Waals surface area contributed by atoms with Crippen LogP contribution in [0.1, 0.15) is 23.2 Å². The first kappa shape index (κ1) is 16.4. The minimum atomic E-state index is -4.41. The van der Waals surface area contributed by atoms with Gasteiger partial charge in [0.05, 0.1) is 18.7 Å². The highest BCUT2D eigenvalue weighted by atomic mass is 19.4. The Bertz CT molecular complexity index is 774. The van der Waals surface area contributed by atoms with E-state index in [2.05, 4.69) is 15.0 Å². The minimum absolute atomic E-state index is 0.272. The lowest BCUT2D eigenvalue weighted by Crippen LogP contribution is -2.40. The fourth-order valence-electron chi connectivity index (χ4n) is 2.52. The van der Waals surface area contributed by atoms with Crippen molar-refractivity contribution in [3.63, 3.8) is 0 Å². The number of halogens is 3. The van der Waals surface area contributed by atoms with Crippen molar-refractivity contribution < 1.29 is 17.9 Å². The second-order valence-corrected chi connectivity index (χ2v) is 5.48. The summed E-state index contributed by atoms with van der Waals surface area (Å²) in [7, 11) is 0. The molecule has 0 aromatic carbocycles. The molecule has 1 saturated heterocycles. The fourth-order valence-corrected chi connectivity index (χ4v) is 2.52. The largest absolute Gasteiger partial charge is 0.417 e. The van der Waals surface area contributed by atoms with Crippen molar-refractivity contribution in [1.82, 2.24) is 15.0 Å². The van der Waals surface area contributed by atoms with E-state index in [0.717, 1.165) is 12.3 Å². The van der Waals surface area contributed by atoms with Crippen LogP contribution in [0.15, 0.2) is 29.2 Å². The second-order valence-electron chi connectivity index (χ2n) is 5.48. The van der Waals surface area contributed by atoms with Crippen LogP contribution in [0.5, 0.6) is 0 Å². The molecule has 2 aromatic heterocycles. The molecule has 6 nitrogen and oxygen atoms in total. The van der Waals surface area contributed by atoms with Gasteiger partial charge in [0.1, 0.15) is 17.7 Å². The summed E-state index contributed by atoms with van der Waals surface area (Å²) >= 11 is 0. The third kappa shape index (κ3) is 3.56. The highest BCUT2D eigenvalue weighted by Crippen LogP contribution is 2.30. The zero-order chi connectivity index (χ0) is 17.3. The lowest BCUT2D eigenvalue weighted by atomic mass is 10.2. The van der Waals surface area contributed by atoms with Crippen molar-refractivity contribution >= 4 is 5.82 Å². The maximum absolute atomic E-state index is 12.6. The molecule has 24 heavy (non-hydrogen) atoms. The lowest BCUT2D eigenvalue weighted by Gasteiger charge is -2.33. The molecule has 1 aliphatic rings. The number of aryl methyl sites for hydroxylation is 1. The van der Waals surface area contributed by atoms with Gasteiger partial charge in [-0.3, -0.25) is 4.79 Å². The smallest absolute Gasteiger partial charge is 0.367 e. The maximum Gasteiger partial charge on any atom is 0.417 e. The van der Waals surface area contributed by atoms with Crippen LogP contribution in [-0.2, 0) is 10.9 Å². The quantitative estimate of drug-likeness (QED) is 0.906. The third-order valence-corrected chi connectivity index (χ3v) is 3.66. The fraction of sp³-hybridized carbons (Fsp3) is 0.400. The zero-order valence-electron chi connectivity index (χ0n) is 12.8. The molecule has 9 heteroatoms. The summed E-state index contributed by atoms with van der Waals surface area (Å²) in [5, 5.41) is 0. The Morgan fingerprint density at radius 1 is 1.38 bits per heavy atom. The Morgan fingerprint density at radius 2 is 2.17 bits per heavy atom. The molecule has 0 bridgehead atoms. The zero-order valence-corrected chi connectivity index (χ0v) is 12.8. The van der Waals surface area contributed by atoms with Crippen LogP contribution in [0.2, 0.25) is 0 Å². The van der Waals surface area contributed by atoms with E-state index in [4.69, 9.17) is 4.74 Å². The number of hydrogen-bond donors (Lipinski definition) is 1. The van der Waals surface area contributed by atoms with Crippen molar-refractivity contribution in [2.75, 3.05) is 24.6 Å². The molecule has 3 rings (SSSR count). The number of ether oxygens (including phenoxy) is 1. The first-order chi connectivity index (χ1) is 11.3. The van der Waals surface area contributed by atoms with Crippen LogP contribution >= 0.6 is 0 Å². The molecule has 0 radical (unpaired) electrons. The van der Waals surface area contributed by atoms with Gasteiger partial charge in [0.25, 0.3) is 5.56 Å². The monoisotopic (exact) mass is 340 g/mol. The number of aromatic nitrogens is 3. The van der Waals surface area contributed by atoms with Gasteiger partial charge in [-0.05, 0) is 19.1 Å². The number of morpholine rings is 1. The van der Waals surface area contributed by atoms with Crippen LogP contribution in [0.25, 0.3) is 0 Å². The number of aromatic amines is 1. The topological polar surface area (TPSA) is 71.1 Å². The highest BCUT2D eigenvalue weighted by Gasteiger charge is 2.31. The molecule has 3 heterocycles. The Hall–Kier alpha value is -2.42. The van der Waals surface area contributed by atoms with Gasteiger partial charge in [0.15, 0.2) is 0 Å². The summed E-state index contributed by atoms with van der Waals surface area (Å²) in [6.45, 7) is 2.89. The van der Waals surface area contributed by atoms with Crippen molar-refractivity contribution in [3.8, 4) is 0 Å². The normalized spacial score (nSPS) is 18.7. The Balaban J connectivity index is 1.79. The minimum Gasteiger partial charge on any atom is -0.367 e. The summed E-state index contributed by atoms with van der Waals surface area (Å²) < 4.78 is 43.4. The van der Waals surface area contributed by atoms with Crippen molar-refractivity contribution in [2.45, 2.75) is 19.2 Å². The molecule has 128 valence electrons. The predicted octanol–water partition coefficient (Wildman–Crippen LogP) is 2.07. The van der Waals surface area contributed by atoms with E-state index in [1.54, 1.807) is 11.8 Å². The van der Waals surface area contributed by atoms with E-state index in [0.29, 0.717) is 37.0 Å². The van der Waals surface area contributed by atoms with E-state index in [-0.39, 0.29) is 5.56 Å². The Kier molecular flexibility index (Phi) is 4.27. The van der Waals surface area contributed by atoms with Gasteiger partial charge in [-0.2, -0.15) is 13.2 Å². The summed E-state index contributed by atoms with van der Waals surface area (Å²) in [6, 6.07) is 3.71. The molecule has 1 aliphatic heterocycles. The standard InChI is InChI=1S/C15H15F3N4O2/c1-9-6-13(23)21-14(20-9)11-8-22(4-5-24-11)12-3-2-10(7-19-12)15(16,17)18/h2-3,6-7,11H,4-5,8H2,1H3,(H,20,21,23)/t11-/m0/s1. The molecule has 1 atom stereocenters. The van der Waals surface area contributed by atoms with Crippen LogP contribution in [0, 0.1) is 6.92 Å². The van der Waals surface area contributed by atoms with Crippen molar-refractivity contribution in [3.05, 3.63) is 51.8 Å². The Labute approximate surface area is 135 Å². The van der Waals surface area contributed by atoms with Gasteiger partial charge in [0, 0.05) is 24.5 Å². The highest BCUT2D eigenvalue weighted by molar-refractivity contribution is 5.40. The van der Waals surface area contributed by atoms with E-state index in [1.807, 2.05) is 0 Å². The molecule has 0 amide bonds. The summed E-state index contributed by atoms with van der Waals surface area (Å²) in [6.07, 6.45) is -4.08. The van der Waals surface area contributed by atoms with Gasteiger partial charge < -0.3 is 14.6 Å². The van der Waals surface area contributed by atoms with Crippen molar-refractivity contribution in [1.29, 1.82) is 0 Å². The van der Waals surface area contributed by atoms with Gasteiger partial charge in [0.2, 0.25) is 0 Å². The lowest BCUT2D eigenvalue weighted by molar-refractivity contribution is -0.137. The summed E-state index contributed by atoms with van der Waals surface area (Å²) in [5.74, 6) is 0.822. The molecule has 1 fully saturated rings. The first-order valence-electron chi connectivity index (χ1n) is 7.30. The molecule has 0 aliphatic carbocycles. The SMILES string of the molecule is Cc1cc(=O)[nH]c([C@@H]2CN(c3ccc(C(F)(F)F)cn3)CCO2)n1. The Morgan fingerprint density at radius 3 is 2.79 bits per heavy atom. The summed E-state index contributed by atoms with van der Waals surface area (Å²) in [4.78, 5) is 24.1. The number of anilines is 1. The third-order valence-electron chi connectivity index (χ3n) is 3.66. The predicted molar refractivity (Wildman–Crippen MR) is 79.7 cm³/mol. The molecule has 2 aromatic rings. The van der Waals surface area contributed by atoms with Crippen LogP contribution < -0.4 is 10.5 Å². The van der Waals surface area contributed by atoms with E-state index < -0.39 is 17.8 Å². The number of alkyl halides is 3. The molecule has 0 unspecified atom stereocenters. The van der Waals surface area contributed by atoms with Crippen LogP contribution in [0.3, 0.4) is 0 Å². The first-order valence-corrected chi connectivity index (χ1v) is 7.30. The van der Waals surface area contributed by atoms with Gasteiger partial charge in [-0.15, -0.1) is 0 Å². The second kappa shape index (κ2) is 6.23. The van der Waals surface area contributed by atoms with Gasteiger partial charge in [-0.1, -0.05) is 0 Å². The van der Waals surface area contributed by atoms with Gasteiger partial charge >= 0.3 is 6.18 Å². The molecule has 1 N–H and O–H groups in total. The average Bonchev–Trinajstić information content (AvgIpc) is 2.53. The average molecular weight is 340 g/mol. The molecular formula is C15H15F3N4O2. The number of nitrogens with one attached hydrogen (secondary N) is 1. The summed E-state index contributed by atoms with van der Waals surface area (Å²) in [5.41, 5.74) is -0.492. The number of nitrogens with zero attached hydrogens (tertiary/aromatic N) is 3. The molecule has 0 spiro atoms. The number of hydrogen-bond acceptors (Lipinski definition) is 5. The van der Waals surface area contributed by atoms with E-state index in [9.17, 15) is 18.0 Å². The number of H-pyrrole nitrogens is 1. The van der Waals surface area contributed by atoms with Gasteiger partial charge in [-0.25, -0.2) is 9.97 Å². The maximum atomic E-state index is 12.6. The van der Waals surface area contributed by atoms with E-state index in [1.165, 1.54) is 12.1 Å². The van der Waals surface area contributed by atoms with Crippen LogP contribution in [0.4, 0.5) is 19.0 Å².